The van der Waals surface area contributed by atoms with E-state index in [1.165, 1.54) is 6.42 Å². The maximum Gasteiger partial charge on any atom is 0.246 e. The van der Waals surface area contributed by atoms with E-state index >= 15 is 0 Å². The summed E-state index contributed by atoms with van der Waals surface area (Å²) < 4.78 is 6.54. The summed E-state index contributed by atoms with van der Waals surface area (Å²) in [6.45, 7) is 6.71. The molecular weight excluding hydrogens is 514 g/mol. The number of carbonyl (C=O) groups excluding carboxylic acids is 3. The van der Waals surface area contributed by atoms with Crippen LogP contribution in [-0.2, 0) is 19.1 Å². The quantitative estimate of drug-likeness (QED) is 0.505. The lowest BCUT2D eigenvalue weighted by atomic mass is 9.73. The third-order valence-corrected chi connectivity index (χ3v) is 10.6. The van der Waals surface area contributed by atoms with Gasteiger partial charge in [-0.05, 0) is 68.1 Å². The maximum atomic E-state index is 14.3. The third-order valence-electron chi connectivity index (χ3n) is 10.4. The van der Waals surface area contributed by atoms with Crippen molar-refractivity contribution in [3.63, 3.8) is 0 Å². The average molecular weight is 554 g/mol. The van der Waals surface area contributed by atoms with E-state index in [1.54, 1.807) is 24.3 Å². The number of ether oxygens (including phenoxy) is 1. The SMILES string of the molecule is CC1CCC(N2C(=O)[C@@H]3[C@H](C(=O)Nc4cccc(Cl)c4)[C@@H]4C=C[C@@]3(O4)[C@@H]2C(=O)N[C@@H]2CCC[C@H](C)[C@@H]2C)CC1. The van der Waals surface area contributed by atoms with Gasteiger partial charge in [0.15, 0.2) is 0 Å². The molecule has 3 aliphatic heterocycles. The Balaban J connectivity index is 1.32. The van der Waals surface area contributed by atoms with Crippen LogP contribution in [0.4, 0.5) is 5.69 Å². The van der Waals surface area contributed by atoms with Crippen LogP contribution < -0.4 is 10.6 Å². The van der Waals surface area contributed by atoms with Crippen LogP contribution in [0, 0.1) is 29.6 Å². The predicted octanol–water partition coefficient (Wildman–Crippen LogP) is 4.95. The molecule has 1 aromatic rings. The van der Waals surface area contributed by atoms with E-state index < -0.39 is 29.6 Å². The van der Waals surface area contributed by atoms with Crippen molar-refractivity contribution in [2.45, 2.75) is 95.5 Å². The molecule has 39 heavy (non-hydrogen) atoms. The molecule has 7 nitrogen and oxygen atoms in total. The second-order valence-corrected chi connectivity index (χ2v) is 13.2. The Labute approximate surface area is 236 Å². The lowest BCUT2D eigenvalue weighted by Crippen LogP contribution is -2.59. The Morgan fingerprint density at radius 3 is 2.56 bits per heavy atom. The molecule has 2 aliphatic carbocycles. The zero-order valence-electron chi connectivity index (χ0n) is 23.1. The molecule has 0 aromatic heterocycles. The number of benzene rings is 1. The summed E-state index contributed by atoms with van der Waals surface area (Å²) in [5, 5.41) is 6.83. The number of hydrogen-bond donors (Lipinski definition) is 2. The van der Waals surface area contributed by atoms with Crippen molar-refractivity contribution in [2.24, 2.45) is 29.6 Å². The van der Waals surface area contributed by atoms with E-state index in [0.29, 0.717) is 28.5 Å². The van der Waals surface area contributed by atoms with Crippen LogP contribution in [0.2, 0.25) is 5.02 Å². The number of likely N-dealkylation sites (tertiary alicyclic amines) is 1. The minimum absolute atomic E-state index is 0.0279. The highest BCUT2D eigenvalue weighted by Crippen LogP contribution is 2.56. The number of fused-ring (bicyclic) bond motifs is 1. The number of rotatable bonds is 5. The molecule has 0 radical (unpaired) electrons. The van der Waals surface area contributed by atoms with Crippen molar-refractivity contribution in [3.05, 3.63) is 41.4 Å². The fourth-order valence-electron chi connectivity index (χ4n) is 7.96. The monoisotopic (exact) mass is 553 g/mol. The molecule has 210 valence electrons. The number of anilines is 1. The molecular formula is C31H40ClN3O4. The van der Waals surface area contributed by atoms with Gasteiger partial charge in [-0.25, -0.2) is 0 Å². The van der Waals surface area contributed by atoms with E-state index in [2.05, 4.69) is 31.4 Å². The van der Waals surface area contributed by atoms with E-state index in [-0.39, 0.29) is 29.8 Å². The first-order valence-electron chi connectivity index (χ1n) is 14.8. The second kappa shape index (κ2) is 10.2. The van der Waals surface area contributed by atoms with Gasteiger partial charge in [-0.1, -0.05) is 63.4 Å². The average Bonchev–Trinajstić information content (AvgIpc) is 3.55. The van der Waals surface area contributed by atoms with Crippen LogP contribution in [-0.4, -0.2) is 52.5 Å². The van der Waals surface area contributed by atoms with Gasteiger partial charge >= 0.3 is 0 Å². The molecule has 1 spiro atoms. The normalized spacial score (nSPS) is 41.0. The largest absolute Gasteiger partial charge is 0.359 e. The molecule has 2 N–H and O–H groups in total. The molecule has 6 rings (SSSR count). The van der Waals surface area contributed by atoms with Crippen molar-refractivity contribution in [3.8, 4) is 0 Å². The molecule has 3 heterocycles. The van der Waals surface area contributed by atoms with Crippen molar-refractivity contribution < 1.29 is 19.1 Å². The number of amides is 3. The van der Waals surface area contributed by atoms with Gasteiger partial charge in [0.2, 0.25) is 17.7 Å². The highest BCUT2D eigenvalue weighted by molar-refractivity contribution is 6.30. The van der Waals surface area contributed by atoms with Crippen molar-refractivity contribution >= 4 is 35.0 Å². The van der Waals surface area contributed by atoms with E-state index in [9.17, 15) is 14.4 Å². The molecule has 2 saturated heterocycles. The highest BCUT2D eigenvalue weighted by Gasteiger charge is 2.73. The summed E-state index contributed by atoms with van der Waals surface area (Å²) >= 11 is 6.14. The van der Waals surface area contributed by atoms with Crippen molar-refractivity contribution in [1.82, 2.24) is 10.2 Å². The summed E-state index contributed by atoms with van der Waals surface area (Å²) in [4.78, 5) is 44.0. The van der Waals surface area contributed by atoms with Gasteiger partial charge in [0.05, 0.1) is 17.9 Å². The van der Waals surface area contributed by atoms with Gasteiger partial charge in [-0.3, -0.25) is 14.4 Å². The van der Waals surface area contributed by atoms with Crippen LogP contribution in [0.3, 0.4) is 0 Å². The summed E-state index contributed by atoms with van der Waals surface area (Å²) in [6.07, 6.45) is 10.2. The topological polar surface area (TPSA) is 87.7 Å². The first-order valence-corrected chi connectivity index (χ1v) is 15.1. The Morgan fingerprint density at radius 2 is 1.82 bits per heavy atom. The smallest absolute Gasteiger partial charge is 0.246 e. The maximum absolute atomic E-state index is 14.3. The number of nitrogens with zero attached hydrogens (tertiary/aromatic N) is 1. The lowest BCUT2D eigenvalue weighted by Gasteiger charge is -2.41. The molecule has 5 aliphatic rings. The molecule has 8 atom stereocenters. The van der Waals surface area contributed by atoms with Crippen LogP contribution in [0.25, 0.3) is 0 Å². The summed E-state index contributed by atoms with van der Waals surface area (Å²) in [7, 11) is 0. The molecule has 0 unspecified atom stereocenters. The van der Waals surface area contributed by atoms with E-state index in [0.717, 1.165) is 38.5 Å². The second-order valence-electron chi connectivity index (χ2n) is 12.7. The molecule has 4 fully saturated rings. The van der Waals surface area contributed by atoms with Crippen molar-refractivity contribution in [2.75, 3.05) is 5.32 Å². The van der Waals surface area contributed by atoms with Crippen molar-refractivity contribution in [1.29, 1.82) is 0 Å². The van der Waals surface area contributed by atoms with Crippen LogP contribution in [0.5, 0.6) is 0 Å². The van der Waals surface area contributed by atoms with Gasteiger partial charge in [0.1, 0.15) is 11.6 Å². The zero-order valence-corrected chi connectivity index (χ0v) is 23.8. The van der Waals surface area contributed by atoms with E-state index in [1.807, 2.05) is 17.1 Å². The minimum atomic E-state index is -1.13. The number of nitrogens with one attached hydrogen (secondary N) is 2. The van der Waals surface area contributed by atoms with Gasteiger partial charge in [-0.2, -0.15) is 0 Å². The fraction of sp³-hybridized carbons (Fsp3) is 0.645. The molecule has 2 bridgehead atoms. The molecule has 2 saturated carbocycles. The summed E-state index contributed by atoms with van der Waals surface area (Å²) in [5.74, 6) is -0.479. The van der Waals surface area contributed by atoms with Gasteiger partial charge in [-0.15, -0.1) is 0 Å². The summed E-state index contributed by atoms with van der Waals surface area (Å²) in [6, 6.07) is 6.26. The Morgan fingerprint density at radius 1 is 1.05 bits per heavy atom. The van der Waals surface area contributed by atoms with Crippen LogP contribution >= 0.6 is 11.6 Å². The first kappa shape index (κ1) is 26.8. The van der Waals surface area contributed by atoms with Gasteiger partial charge in [0.25, 0.3) is 0 Å². The van der Waals surface area contributed by atoms with Crippen LogP contribution in [0.1, 0.15) is 65.7 Å². The van der Waals surface area contributed by atoms with Crippen LogP contribution in [0.15, 0.2) is 36.4 Å². The number of hydrogen-bond acceptors (Lipinski definition) is 4. The molecule has 8 heteroatoms. The molecule has 1 aromatic carbocycles. The van der Waals surface area contributed by atoms with Gasteiger partial charge in [0, 0.05) is 22.8 Å². The highest BCUT2D eigenvalue weighted by atomic mass is 35.5. The third kappa shape index (κ3) is 4.50. The Bertz CT molecular complexity index is 1180. The zero-order chi connectivity index (χ0) is 27.5. The standard InChI is InChI=1S/C31H40ClN3O4/c1-17-10-12-22(13-11-17)35-27(29(37)34-23-9-4-6-18(2)19(23)3)31-15-14-24(39-31)25(26(31)30(35)38)28(36)33-21-8-5-7-20(32)16-21/h5,7-8,14-19,22-27H,4,6,9-13H2,1-3H3,(H,33,36)(H,34,37)/t17?,18-,19-,22?,23+,24-,25+,26-,27-,31-/m0/s1. The predicted molar refractivity (Wildman–Crippen MR) is 150 cm³/mol. The molecule has 3 amide bonds. The summed E-state index contributed by atoms with van der Waals surface area (Å²) in [5.41, 5.74) is -0.555. The van der Waals surface area contributed by atoms with Gasteiger partial charge < -0.3 is 20.3 Å². The number of halogens is 1. The Hall–Kier alpha value is -2.38. The minimum Gasteiger partial charge on any atom is -0.359 e. The first-order chi connectivity index (χ1) is 18.7. The number of carbonyl (C=O) groups is 3. The Kier molecular flexibility index (Phi) is 7.03. The fourth-order valence-corrected chi connectivity index (χ4v) is 8.15. The lowest BCUT2D eigenvalue weighted by molar-refractivity contribution is -0.145. The van der Waals surface area contributed by atoms with E-state index in [4.69, 9.17) is 16.3 Å².